The van der Waals surface area contributed by atoms with Crippen LogP contribution in [-0.4, -0.2) is 6.54 Å². The van der Waals surface area contributed by atoms with Gasteiger partial charge in [-0.1, -0.05) is 25.0 Å². The maximum Gasteiger partial charge on any atom is 0.0378 e. The van der Waals surface area contributed by atoms with Crippen LogP contribution < -0.4 is 5.32 Å². The Bertz CT molecular complexity index is 377. The lowest BCUT2D eigenvalue weighted by molar-refractivity contribution is 0.413. The van der Waals surface area contributed by atoms with E-state index in [9.17, 15) is 0 Å². The van der Waals surface area contributed by atoms with Gasteiger partial charge in [-0.15, -0.1) is 0 Å². The molecule has 0 saturated heterocycles. The summed E-state index contributed by atoms with van der Waals surface area (Å²) in [5.41, 5.74) is 4.37. The highest BCUT2D eigenvalue weighted by atomic mass is 14.9. The Morgan fingerprint density at radius 1 is 1.12 bits per heavy atom. The zero-order valence-corrected chi connectivity index (χ0v) is 10.1. The van der Waals surface area contributed by atoms with Crippen molar-refractivity contribution in [1.82, 2.24) is 0 Å². The number of nitrogens with one attached hydrogen (secondary N) is 1. The Hall–Kier alpha value is -0.980. The van der Waals surface area contributed by atoms with Crippen LogP contribution in [0.1, 0.15) is 49.1 Å². The minimum Gasteiger partial charge on any atom is -0.385 e. The second-order valence-corrected chi connectivity index (χ2v) is 5.46. The monoisotopic (exact) mass is 215 g/mol. The molecule has 3 rings (SSSR count). The average molecular weight is 215 g/mol. The fourth-order valence-electron chi connectivity index (χ4n) is 3.51. The number of hydrogen-bond acceptors (Lipinski definition) is 1. The van der Waals surface area contributed by atoms with Crippen molar-refractivity contribution >= 4 is 5.69 Å². The van der Waals surface area contributed by atoms with E-state index >= 15 is 0 Å². The van der Waals surface area contributed by atoms with E-state index in [1.54, 1.807) is 5.56 Å². The maximum absolute atomic E-state index is 3.56. The maximum atomic E-state index is 3.56. The van der Waals surface area contributed by atoms with Crippen LogP contribution in [0.2, 0.25) is 0 Å². The third-order valence-electron chi connectivity index (χ3n) is 4.35. The summed E-state index contributed by atoms with van der Waals surface area (Å²) in [5.74, 6) is 1.79. The van der Waals surface area contributed by atoms with Crippen LogP contribution in [0.25, 0.3) is 0 Å². The molecule has 1 heteroatoms. The lowest BCUT2D eigenvalue weighted by atomic mass is 9.79. The van der Waals surface area contributed by atoms with Crippen LogP contribution in [0.3, 0.4) is 0 Å². The molecule has 1 aromatic rings. The van der Waals surface area contributed by atoms with Crippen LogP contribution in [0.15, 0.2) is 18.2 Å². The van der Waals surface area contributed by atoms with Crippen molar-refractivity contribution in [2.45, 2.75) is 44.9 Å². The Kier molecular flexibility index (Phi) is 2.62. The quantitative estimate of drug-likeness (QED) is 0.744. The number of hydrogen-bond donors (Lipinski definition) is 1. The predicted octanol–water partition coefficient (Wildman–Crippen LogP) is 4.08. The van der Waals surface area contributed by atoms with Gasteiger partial charge in [0.25, 0.3) is 0 Å². The SMILES string of the molecule is Cc1ccc2c(c1)NCCC2C1CCCC1. The molecule has 1 N–H and O–H groups in total. The van der Waals surface area contributed by atoms with Gasteiger partial charge in [0.15, 0.2) is 0 Å². The third kappa shape index (κ3) is 1.73. The smallest absolute Gasteiger partial charge is 0.0378 e. The second-order valence-electron chi connectivity index (χ2n) is 5.46. The summed E-state index contributed by atoms with van der Waals surface area (Å²) in [6, 6.07) is 6.95. The molecule has 1 aliphatic heterocycles. The largest absolute Gasteiger partial charge is 0.385 e. The molecule has 86 valence electrons. The second kappa shape index (κ2) is 4.12. The van der Waals surface area contributed by atoms with Gasteiger partial charge in [-0.25, -0.2) is 0 Å². The summed E-state index contributed by atoms with van der Waals surface area (Å²) < 4.78 is 0. The molecule has 16 heavy (non-hydrogen) atoms. The van der Waals surface area contributed by atoms with Gasteiger partial charge < -0.3 is 5.32 Å². The van der Waals surface area contributed by atoms with Crippen LogP contribution in [0, 0.1) is 12.8 Å². The first-order valence-electron chi connectivity index (χ1n) is 6.69. The van der Waals surface area contributed by atoms with E-state index in [-0.39, 0.29) is 0 Å². The molecular weight excluding hydrogens is 194 g/mol. The van der Waals surface area contributed by atoms with Crippen LogP contribution in [0.4, 0.5) is 5.69 Å². The molecule has 1 nitrogen and oxygen atoms in total. The van der Waals surface area contributed by atoms with Gasteiger partial charge in [0.05, 0.1) is 0 Å². The third-order valence-corrected chi connectivity index (χ3v) is 4.35. The van der Waals surface area contributed by atoms with E-state index in [1.807, 2.05) is 0 Å². The van der Waals surface area contributed by atoms with E-state index < -0.39 is 0 Å². The molecule has 2 aliphatic rings. The summed E-state index contributed by atoms with van der Waals surface area (Å²) in [7, 11) is 0. The molecule has 1 unspecified atom stereocenters. The lowest BCUT2D eigenvalue weighted by Gasteiger charge is -2.31. The molecular formula is C15H21N. The highest BCUT2D eigenvalue weighted by molar-refractivity contribution is 5.56. The number of benzene rings is 1. The van der Waals surface area contributed by atoms with Crippen LogP contribution in [-0.2, 0) is 0 Å². The van der Waals surface area contributed by atoms with Gasteiger partial charge in [-0.3, -0.25) is 0 Å². The number of rotatable bonds is 1. The zero-order chi connectivity index (χ0) is 11.0. The first kappa shape index (κ1) is 10.2. The van der Waals surface area contributed by atoms with Crippen molar-refractivity contribution in [3.05, 3.63) is 29.3 Å². The van der Waals surface area contributed by atoms with Crippen molar-refractivity contribution in [1.29, 1.82) is 0 Å². The highest BCUT2D eigenvalue weighted by Gasteiger charge is 2.29. The molecule has 1 atom stereocenters. The van der Waals surface area contributed by atoms with Crippen molar-refractivity contribution in [2.24, 2.45) is 5.92 Å². The highest BCUT2D eigenvalue weighted by Crippen LogP contribution is 2.43. The van der Waals surface area contributed by atoms with Crippen molar-refractivity contribution < 1.29 is 0 Å². The first-order chi connectivity index (χ1) is 7.84. The Morgan fingerprint density at radius 3 is 2.75 bits per heavy atom. The van der Waals surface area contributed by atoms with Crippen molar-refractivity contribution in [3.63, 3.8) is 0 Å². The van der Waals surface area contributed by atoms with E-state index in [2.05, 4.69) is 30.4 Å². The fraction of sp³-hybridized carbons (Fsp3) is 0.600. The first-order valence-corrected chi connectivity index (χ1v) is 6.69. The van der Waals surface area contributed by atoms with Gasteiger partial charge in [0.2, 0.25) is 0 Å². The fourth-order valence-corrected chi connectivity index (χ4v) is 3.51. The van der Waals surface area contributed by atoms with Gasteiger partial charge in [0, 0.05) is 12.2 Å². The molecule has 0 spiro atoms. The molecule has 1 fully saturated rings. The minimum atomic E-state index is 0.833. The molecule has 0 amide bonds. The summed E-state index contributed by atoms with van der Waals surface area (Å²) in [4.78, 5) is 0. The molecule has 1 aliphatic carbocycles. The van der Waals surface area contributed by atoms with Gasteiger partial charge in [-0.2, -0.15) is 0 Å². The van der Waals surface area contributed by atoms with Gasteiger partial charge in [0.1, 0.15) is 0 Å². The topological polar surface area (TPSA) is 12.0 Å². The number of aryl methyl sites for hydroxylation is 1. The van der Waals surface area contributed by atoms with Crippen LogP contribution >= 0.6 is 0 Å². The number of fused-ring (bicyclic) bond motifs is 1. The van der Waals surface area contributed by atoms with Crippen molar-refractivity contribution in [2.75, 3.05) is 11.9 Å². The molecule has 1 heterocycles. The summed E-state index contributed by atoms with van der Waals surface area (Å²) >= 11 is 0. The standard InChI is InChI=1S/C15H21N/c1-11-6-7-14-13(12-4-2-3-5-12)8-9-16-15(14)10-11/h6-7,10,12-13,16H,2-5,8-9H2,1H3. The number of anilines is 1. The normalized spacial score (nSPS) is 25.2. The molecule has 0 radical (unpaired) electrons. The van der Waals surface area contributed by atoms with E-state index in [0.29, 0.717) is 0 Å². The Balaban J connectivity index is 1.93. The summed E-state index contributed by atoms with van der Waals surface area (Å²) in [6.45, 7) is 3.35. The minimum absolute atomic E-state index is 0.833. The molecule has 1 aromatic carbocycles. The summed E-state index contributed by atoms with van der Waals surface area (Å²) in [6.07, 6.45) is 7.16. The lowest BCUT2D eigenvalue weighted by Crippen LogP contribution is -2.21. The molecule has 0 aromatic heterocycles. The molecule has 1 saturated carbocycles. The van der Waals surface area contributed by atoms with Gasteiger partial charge in [-0.05, 0) is 55.2 Å². The van der Waals surface area contributed by atoms with Gasteiger partial charge >= 0.3 is 0 Å². The Morgan fingerprint density at radius 2 is 1.94 bits per heavy atom. The average Bonchev–Trinajstić information content (AvgIpc) is 2.81. The molecule has 0 bridgehead atoms. The van der Waals surface area contributed by atoms with E-state index in [0.717, 1.165) is 18.4 Å². The van der Waals surface area contributed by atoms with Crippen LogP contribution in [0.5, 0.6) is 0 Å². The van der Waals surface area contributed by atoms with E-state index in [4.69, 9.17) is 0 Å². The Labute approximate surface area is 98.3 Å². The van der Waals surface area contributed by atoms with E-state index in [1.165, 1.54) is 43.4 Å². The summed E-state index contributed by atoms with van der Waals surface area (Å²) in [5, 5.41) is 3.56. The zero-order valence-electron chi connectivity index (χ0n) is 10.1. The van der Waals surface area contributed by atoms with Crippen molar-refractivity contribution in [3.8, 4) is 0 Å². The predicted molar refractivity (Wildman–Crippen MR) is 69.0 cm³/mol.